The molecule has 3 N–H and O–H groups in total. The van der Waals surface area contributed by atoms with E-state index in [4.69, 9.17) is 5.73 Å². The first-order chi connectivity index (χ1) is 7.08. The number of carbonyl (C=O) groups excluding carboxylic acids is 1. The number of amides is 1. The summed E-state index contributed by atoms with van der Waals surface area (Å²) in [6.07, 6.45) is 1.67. The average molecular weight is 200 g/mol. The first-order valence-electron chi connectivity index (χ1n) is 4.66. The second-order valence-electron chi connectivity index (χ2n) is 3.62. The Balaban J connectivity index is 2.61. The molecular formula is C12H12N2O. The molecule has 2 rings (SSSR count). The predicted molar refractivity (Wildman–Crippen MR) is 61.1 cm³/mol. The van der Waals surface area contributed by atoms with E-state index in [1.807, 2.05) is 25.1 Å². The molecule has 3 heteroatoms. The molecule has 0 atom stereocenters. The van der Waals surface area contributed by atoms with Crippen LogP contribution in [-0.2, 0) is 4.79 Å². The minimum Gasteiger partial charge on any atom is -0.366 e. The smallest absolute Gasteiger partial charge is 0.249 e. The maximum Gasteiger partial charge on any atom is 0.249 e. The topological polar surface area (TPSA) is 55.1 Å². The van der Waals surface area contributed by atoms with Crippen LogP contribution in [0.3, 0.4) is 0 Å². The van der Waals surface area contributed by atoms with Crippen molar-refractivity contribution in [3.05, 3.63) is 47.7 Å². The molecule has 1 aliphatic rings. The zero-order valence-electron chi connectivity index (χ0n) is 8.50. The van der Waals surface area contributed by atoms with Crippen molar-refractivity contribution < 1.29 is 4.79 Å². The second kappa shape index (κ2) is 3.28. The highest BCUT2D eigenvalue weighted by molar-refractivity contribution is 6.21. The molecule has 0 saturated heterocycles. The van der Waals surface area contributed by atoms with Gasteiger partial charge < -0.3 is 11.1 Å². The summed E-state index contributed by atoms with van der Waals surface area (Å²) in [6, 6.07) is 5.81. The van der Waals surface area contributed by atoms with E-state index in [9.17, 15) is 4.79 Å². The van der Waals surface area contributed by atoms with Gasteiger partial charge in [0.25, 0.3) is 0 Å². The summed E-state index contributed by atoms with van der Waals surface area (Å²) in [7, 11) is 0. The van der Waals surface area contributed by atoms with Crippen LogP contribution >= 0.6 is 0 Å². The molecule has 15 heavy (non-hydrogen) atoms. The van der Waals surface area contributed by atoms with Gasteiger partial charge in [-0.25, -0.2) is 0 Å². The van der Waals surface area contributed by atoms with Crippen LogP contribution < -0.4 is 11.1 Å². The minimum absolute atomic E-state index is 0.428. The highest BCUT2D eigenvalue weighted by Gasteiger charge is 2.17. The SMILES string of the molecule is C=C1C=C(C(N)=O)c2ccc(C)cc2N1. The van der Waals surface area contributed by atoms with Crippen molar-refractivity contribution in [1.29, 1.82) is 0 Å². The van der Waals surface area contributed by atoms with Crippen LogP contribution in [0, 0.1) is 6.92 Å². The quantitative estimate of drug-likeness (QED) is 0.726. The molecule has 1 aliphatic heterocycles. The van der Waals surface area contributed by atoms with Gasteiger partial charge in [0, 0.05) is 16.9 Å². The normalized spacial score (nSPS) is 13.9. The van der Waals surface area contributed by atoms with Crippen LogP contribution in [0.4, 0.5) is 5.69 Å². The molecule has 0 aliphatic carbocycles. The van der Waals surface area contributed by atoms with Crippen molar-refractivity contribution >= 4 is 17.2 Å². The highest BCUT2D eigenvalue weighted by atomic mass is 16.1. The third-order valence-corrected chi connectivity index (χ3v) is 2.34. The van der Waals surface area contributed by atoms with Gasteiger partial charge in [-0.05, 0) is 24.6 Å². The number of primary amides is 1. The number of anilines is 1. The van der Waals surface area contributed by atoms with Crippen molar-refractivity contribution in [2.45, 2.75) is 6.92 Å². The first-order valence-corrected chi connectivity index (χ1v) is 4.66. The number of aryl methyl sites for hydroxylation is 1. The van der Waals surface area contributed by atoms with E-state index in [0.717, 1.165) is 16.8 Å². The molecule has 0 spiro atoms. The average Bonchev–Trinajstić information content (AvgIpc) is 2.15. The van der Waals surface area contributed by atoms with E-state index in [2.05, 4.69) is 11.9 Å². The number of fused-ring (bicyclic) bond motifs is 1. The van der Waals surface area contributed by atoms with Gasteiger partial charge in [0.2, 0.25) is 5.91 Å². The monoisotopic (exact) mass is 200 g/mol. The Kier molecular flexibility index (Phi) is 2.08. The van der Waals surface area contributed by atoms with E-state index in [0.29, 0.717) is 11.3 Å². The third kappa shape index (κ3) is 1.64. The maximum absolute atomic E-state index is 11.2. The van der Waals surface area contributed by atoms with Gasteiger partial charge in [0.15, 0.2) is 0 Å². The van der Waals surface area contributed by atoms with Crippen molar-refractivity contribution in [3.8, 4) is 0 Å². The van der Waals surface area contributed by atoms with E-state index < -0.39 is 5.91 Å². The molecule has 76 valence electrons. The lowest BCUT2D eigenvalue weighted by Gasteiger charge is -2.19. The molecule has 1 aromatic carbocycles. The molecular weight excluding hydrogens is 188 g/mol. The number of rotatable bonds is 1. The zero-order valence-corrected chi connectivity index (χ0v) is 8.50. The minimum atomic E-state index is -0.428. The van der Waals surface area contributed by atoms with Crippen LogP contribution in [0.25, 0.3) is 5.57 Å². The van der Waals surface area contributed by atoms with Crippen LogP contribution in [0.2, 0.25) is 0 Å². The summed E-state index contributed by atoms with van der Waals surface area (Å²) in [5.74, 6) is -0.428. The van der Waals surface area contributed by atoms with Gasteiger partial charge in [-0.1, -0.05) is 18.7 Å². The van der Waals surface area contributed by atoms with Gasteiger partial charge in [-0.3, -0.25) is 4.79 Å². The predicted octanol–water partition coefficient (Wildman–Crippen LogP) is 1.80. The molecule has 1 aromatic rings. The number of carbonyl (C=O) groups is 1. The van der Waals surface area contributed by atoms with Crippen molar-refractivity contribution in [3.63, 3.8) is 0 Å². The van der Waals surface area contributed by atoms with Crippen LogP contribution in [0.5, 0.6) is 0 Å². The molecule has 1 amide bonds. The Hall–Kier alpha value is -2.03. The van der Waals surface area contributed by atoms with Crippen molar-refractivity contribution in [2.75, 3.05) is 5.32 Å². The fraction of sp³-hybridized carbons (Fsp3) is 0.0833. The third-order valence-electron chi connectivity index (χ3n) is 2.34. The van der Waals surface area contributed by atoms with Gasteiger partial charge >= 0.3 is 0 Å². The summed E-state index contributed by atoms with van der Waals surface area (Å²) in [5.41, 5.74) is 9.34. The Labute approximate surface area is 88.3 Å². The number of benzene rings is 1. The molecule has 0 aromatic heterocycles. The van der Waals surface area contributed by atoms with Crippen LogP contribution in [0.1, 0.15) is 11.1 Å². The summed E-state index contributed by atoms with van der Waals surface area (Å²) in [5, 5.41) is 3.11. The molecule has 1 heterocycles. The largest absolute Gasteiger partial charge is 0.366 e. The fourth-order valence-corrected chi connectivity index (χ4v) is 1.66. The Morgan fingerprint density at radius 3 is 2.87 bits per heavy atom. The van der Waals surface area contributed by atoms with E-state index in [-0.39, 0.29) is 0 Å². The standard InChI is InChI=1S/C12H12N2O/c1-7-3-4-9-10(12(13)15)6-8(2)14-11(9)5-7/h3-6,14H,2H2,1H3,(H2,13,15). The van der Waals surface area contributed by atoms with Gasteiger partial charge in [0.05, 0.1) is 5.57 Å². The van der Waals surface area contributed by atoms with Gasteiger partial charge in [0.1, 0.15) is 0 Å². The Morgan fingerprint density at radius 2 is 2.20 bits per heavy atom. The lowest BCUT2D eigenvalue weighted by molar-refractivity contribution is -0.112. The van der Waals surface area contributed by atoms with Crippen LogP contribution in [-0.4, -0.2) is 5.91 Å². The number of allylic oxidation sites excluding steroid dienone is 1. The highest BCUT2D eigenvalue weighted by Crippen LogP contribution is 2.30. The first kappa shape index (κ1) is 9.52. The maximum atomic E-state index is 11.2. The van der Waals surface area contributed by atoms with Crippen molar-refractivity contribution in [2.24, 2.45) is 5.73 Å². The lowest BCUT2D eigenvalue weighted by atomic mass is 9.97. The van der Waals surface area contributed by atoms with Gasteiger partial charge in [-0.15, -0.1) is 0 Å². The van der Waals surface area contributed by atoms with Crippen molar-refractivity contribution in [1.82, 2.24) is 0 Å². The summed E-state index contributed by atoms with van der Waals surface area (Å²) in [6.45, 7) is 5.77. The second-order valence-corrected chi connectivity index (χ2v) is 3.62. The molecule has 0 fully saturated rings. The molecule has 0 unspecified atom stereocenters. The number of hydrogen-bond acceptors (Lipinski definition) is 2. The molecule has 0 radical (unpaired) electrons. The Bertz CT molecular complexity index is 486. The summed E-state index contributed by atoms with van der Waals surface area (Å²) >= 11 is 0. The number of nitrogens with two attached hydrogens (primary N) is 1. The molecule has 0 saturated carbocycles. The number of nitrogens with one attached hydrogen (secondary N) is 1. The van der Waals surface area contributed by atoms with E-state index >= 15 is 0 Å². The summed E-state index contributed by atoms with van der Waals surface area (Å²) in [4.78, 5) is 11.2. The molecule has 0 bridgehead atoms. The summed E-state index contributed by atoms with van der Waals surface area (Å²) < 4.78 is 0. The number of hydrogen-bond donors (Lipinski definition) is 2. The molecule has 3 nitrogen and oxygen atoms in total. The van der Waals surface area contributed by atoms with E-state index in [1.165, 1.54) is 0 Å². The Morgan fingerprint density at radius 1 is 1.47 bits per heavy atom. The van der Waals surface area contributed by atoms with Crippen LogP contribution in [0.15, 0.2) is 36.6 Å². The zero-order chi connectivity index (χ0) is 11.0. The van der Waals surface area contributed by atoms with E-state index in [1.54, 1.807) is 6.08 Å². The lowest BCUT2D eigenvalue weighted by Crippen LogP contribution is -2.17. The van der Waals surface area contributed by atoms with Gasteiger partial charge in [-0.2, -0.15) is 0 Å². The fourth-order valence-electron chi connectivity index (χ4n) is 1.66.